The first kappa shape index (κ1) is 13.0. The molecule has 2 aromatic carbocycles. The van der Waals surface area contributed by atoms with Gasteiger partial charge in [0.2, 0.25) is 0 Å². The monoisotopic (exact) mass is 258 g/mol. The molecule has 0 aliphatic heterocycles. The number of phenols is 2. The molecule has 4 heteroatoms. The van der Waals surface area contributed by atoms with Gasteiger partial charge in [0.1, 0.15) is 6.61 Å². The molecule has 2 rings (SSSR count). The maximum atomic E-state index is 11.6. The van der Waals surface area contributed by atoms with E-state index in [9.17, 15) is 9.90 Å². The van der Waals surface area contributed by atoms with Crippen molar-refractivity contribution in [2.24, 2.45) is 0 Å². The highest BCUT2D eigenvalue weighted by Crippen LogP contribution is 2.25. The van der Waals surface area contributed by atoms with E-state index in [4.69, 9.17) is 9.84 Å². The lowest BCUT2D eigenvalue weighted by molar-refractivity contribution is -0.144. The average molecular weight is 258 g/mol. The predicted molar refractivity (Wildman–Crippen MR) is 69.7 cm³/mol. The van der Waals surface area contributed by atoms with Crippen LogP contribution in [0.1, 0.15) is 11.1 Å². The Morgan fingerprint density at radius 3 is 2.37 bits per heavy atom. The fourth-order valence-electron chi connectivity index (χ4n) is 1.63. The van der Waals surface area contributed by atoms with Crippen molar-refractivity contribution >= 4 is 5.97 Å². The van der Waals surface area contributed by atoms with Crippen LogP contribution in [0, 0.1) is 0 Å². The van der Waals surface area contributed by atoms with E-state index in [-0.39, 0.29) is 30.5 Å². The van der Waals surface area contributed by atoms with Gasteiger partial charge in [0.25, 0.3) is 0 Å². The van der Waals surface area contributed by atoms with Crippen LogP contribution in [0.25, 0.3) is 0 Å². The largest absolute Gasteiger partial charge is 0.504 e. The van der Waals surface area contributed by atoms with E-state index in [0.717, 1.165) is 5.56 Å². The molecular formula is C15H14O4. The highest BCUT2D eigenvalue weighted by Gasteiger charge is 2.07. The third-order valence-electron chi connectivity index (χ3n) is 2.63. The molecule has 0 amide bonds. The minimum atomic E-state index is -0.381. The fraction of sp³-hybridized carbons (Fsp3) is 0.133. The molecule has 98 valence electrons. The molecule has 0 aliphatic carbocycles. The Morgan fingerprint density at radius 2 is 1.68 bits per heavy atom. The maximum Gasteiger partial charge on any atom is 0.310 e. The molecule has 0 unspecified atom stereocenters. The molecule has 0 saturated heterocycles. The zero-order valence-corrected chi connectivity index (χ0v) is 10.2. The Labute approximate surface area is 110 Å². The first-order chi connectivity index (χ1) is 9.15. The summed E-state index contributed by atoms with van der Waals surface area (Å²) in [5.74, 6) is -0.830. The Kier molecular flexibility index (Phi) is 4.03. The normalized spacial score (nSPS) is 10.1. The molecule has 0 fully saturated rings. The van der Waals surface area contributed by atoms with E-state index in [1.165, 1.54) is 12.1 Å². The number of hydrogen-bond acceptors (Lipinski definition) is 4. The molecule has 19 heavy (non-hydrogen) atoms. The van der Waals surface area contributed by atoms with Crippen LogP contribution in [-0.4, -0.2) is 16.2 Å². The van der Waals surface area contributed by atoms with Gasteiger partial charge in [0.05, 0.1) is 6.42 Å². The van der Waals surface area contributed by atoms with Gasteiger partial charge in [-0.1, -0.05) is 36.4 Å². The summed E-state index contributed by atoms with van der Waals surface area (Å²) < 4.78 is 5.12. The first-order valence-corrected chi connectivity index (χ1v) is 5.85. The number of esters is 1. The zero-order valence-electron chi connectivity index (χ0n) is 10.2. The molecular weight excluding hydrogens is 244 g/mol. The van der Waals surface area contributed by atoms with E-state index in [1.807, 2.05) is 30.3 Å². The van der Waals surface area contributed by atoms with Crippen molar-refractivity contribution in [1.82, 2.24) is 0 Å². The summed E-state index contributed by atoms with van der Waals surface area (Å²) in [6, 6.07) is 13.7. The number of hydrogen-bond donors (Lipinski definition) is 2. The van der Waals surface area contributed by atoms with Crippen molar-refractivity contribution < 1.29 is 19.7 Å². The molecule has 0 aliphatic rings. The first-order valence-electron chi connectivity index (χ1n) is 5.85. The van der Waals surface area contributed by atoms with Crippen LogP contribution in [0.3, 0.4) is 0 Å². The second kappa shape index (κ2) is 5.91. The van der Waals surface area contributed by atoms with Crippen molar-refractivity contribution in [1.29, 1.82) is 0 Å². The summed E-state index contributed by atoms with van der Waals surface area (Å²) >= 11 is 0. The van der Waals surface area contributed by atoms with Crippen molar-refractivity contribution in [3.8, 4) is 11.5 Å². The number of carbonyl (C=O) groups excluding carboxylic acids is 1. The van der Waals surface area contributed by atoms with Gasteiger partial charge in [0.15, 0.2) is 11.5 Å². The number of carbonyl (C=O) groups is 1. The van der Waals surface area contributed by atoms with E-state index in [1.54, 1.807) is 6.07 Å². The van der Waals surface area contributed by atoms with E-state index in [0.29, 0.717) is 5.56 Å². The van der Waals surface area contributed by atoms with Crippen molar-refractivity contribution in [2.45, 2.75) is 13.0 Å². The third-order valence-corrected chi connectivity index (χ3v) is 2.63. The summed E-state index contributed by atoms with van der Waals surface area (Å²) in [5, 5.41) is 18.5. The second-order valence-corrected chi connectivity index (χ2v) is 4.15. The molecule has 0 spiro atoms. The molecule has 0 heterocycles. The van der Waals surface area contributed by atoms with Crippen LogP contribution < -0.4 is 0 Å². The number of benzene rings is 2. The smallest absolute Gasteiger partial charge is 0.310 e. The number of phenolic OH excluding ortho intramolecular Hbond substituents is 2. The highest BCUT2D eigenvalue weighted by atomic mass is 16.5. The van der Waals surface area contributed by atoms with Crippen LogP contribution in [0.2, 0.25) is 0 Å². The molecule has 2 aromatic rings. The molecule has 0 saturated carbocycles. The zero-order chi connectivity index (χ0) is 13.7. The summed E-state index contributed by atoms with van der Waals surface area (Å²) in [7, 11) is 0. The highest BCUT2D eigenvalue weighted by molar-refractivity contribution is 5.72. The van der Waals surface area contributed by atoms with Crippen molar-refractivity contribution in [3.05, 3.63) is 59.7 Å². The molecule has 0 radical (unpaired) electrons. The van der Waals surface area contributed by atoms with Gasteiger partial charge in [-0.05, 0) is 23.3 Å². The quantitative estimate of drug-likeness (QED) is 0.652. The number of aromatic hydroxyl groups is 2. The van der Waals surface area contributed by atoms with E-state index >= 15 is 0 Å². The van der Waals surface area contributed by atoms with Gasteiger partial charge in [-0.2, -0.15) is 0 Å². The SMILES string of the molecule is O=C(Cc1ccc(O)c(O)c1)OCc1ccccc1. The molecule has 0 aromatic heterocycles. The van der Waals surface area contributed by atoms with Gasteiger partial charge < -0.3 is 14.9 Å². The van der Waals surface area contributed by atoms with Crippen molar-refractivity contribution in [2.75, 3.05) is 0 Å². The topological polar surface area (TPSA) is 66.8 Å². The van der Waals surface area contributed by atoms with E-state index in [2.05, 4.69) is 0 Å². The summed E-state index contributed by atoms with van der Waals surface area (Å²) in [6.07, 6.45) is 0.0562. The van der Waals surface area contributed by atoms with Gasteiger partial charge in [0, 0.05) is 0 Å². The summed E-state index contributed by atoms with van der Waals surface area (Å²) in [5.41, 5.74) is 1.51. The summed E-state index contributed by atoms with van der Waals surface area (Å²) in [6.45, 7) is 0.226. The van der Waals surface area contributed by atoms with Crippen LogP contribution in [0.15, 0.2) is 48.5 Å². The Bertz CT molecular complexity index is 564. The Hall–Kier alpha value is -2.49. The Morgan fingerprint density at radius 1 is 0.947 bits per heavy atom. The standard InChI is InChI=1S/C15H14O4/c16-13-7-6-12(8-14(13)17)9-15(18)19-10-11-4-2-1-3-5-11/h1-8,16-17H,9-10H2. The molecule has 0 atom stereocenters. The van der Waals surface area contributed by atoms with Gasteiger partial charge >= 0.3 is 5.97 Å². The molecule has 4 nitrogen and oxygen atoms in total. The molecule has 0 bridgehead atoms. The van der Waals surface area contributed by atoms with Gasteiger partial charge in [-0.25, -0.2) is 0 Å². The maximum absolute atomic E-state index is 11.6. The Balaban J connectivity index is 1.89. The lowest BCUT2D eigenvalue weighted by Gasteiger charge is -2.06. The van der Waals surface area contributed by atoms with Gasteiger partial charge in [-0.3, -0.25) is 4.79 Å². The fourth-order valence-corrected chi connectivity index (χ4v) is 1.63. The summed E-state index contributed by atoms with van der Waals surface area (Å²) in [4.78, 5) is 11.6. The van der Waals surface area contributed by atoms with Crippen LogP contribution in [0.4, 0.5) is 0 Å². The van der Waals surface area contributed by atoms with Crippen LogP contribution >= 0.6 is 0 Å². The van der Waals surface area contributed by atoms with E-state index < -0.39 is 0 Å². The third kappa shape index (κ3) is 3.74. The second-order valence-electron chi connectivity index (χ2n) is 4.15. The molecule has 2 N–H and O–H groups in total. The van der Waals surface area contributed by atoms with Crippen molar-refractivity contribution in [3.63, 3.8) is 0 Å². The number of ether oxygens (including phenoxy) is 1. The lowest BCUT2D eigenvalue weighted by Crippen LogP contribution is -2.07. The van der Waals surface area contributed by atoms with Gasteiger partial charge in [-0.15, -0.1) is 0 Å². The lowest BCUT2D eigenvalue weighted by atomic mass is 10.1. The van der Waals surface area contributed by atoms with Crippen LogP contribution in [-0.2, 0) is 22.6 Å². The number of rotatable bonds is 4. The minimum absolute atomic E-state index is 0.0562. The predicted octanol–water partition coefficient (Wildman–Crippen LogP) is 2.38. The minimum Gasteiger partial charge on any atom is -0.504 e. The van der Waals surface area contributed by atoms with Crippen LogP contribution in [0.5, 0.6) is 11.5 Å². The average Bonchev–Trinajstić information content (AvgIpc) is 2.42.